The average Bonchev–Trinajstić information content (AvgIpc) is 2.92. The molecular weight excluding hydrogens is 252 g/mol. The van der Waals surface area contributed by atoms with Crippen molar-refractivity contribution < 1.29 is 4.79 Å². The Hall–Kier alpha value is -1.26. The average molecular weight is 282 g/mol. The molecule has 1 fully saturated rings. The molecule has 1 aliphatic rings. The zero-order chi connectivity index (χ0) is 15.0. The van der Waals surface area contributed by atoms with Crippen LogP contribution in [-0.2, 0) is 4.79 Å². The third kappa shape index (κ3) is 5.80. The van der Waals surface area contributed by atoms with Gasteiger partial charge in [0.1, 0.15) is 0 Å². The van der Waals surface area contributed by atoms with E-state index in [2.05, 4.69) is 36.4 Å². The summed E-state index contributed by atoms with van der Waals surface area (Å²) in [5.74, 6) is 1.59. The maximum absolute atomic E-state index is 11.9. The summed E-state index contributed by atoms with van der Waals surface area (Å²) in [6.07, 6.45) is 2.79. The number of guanidine groups is 1. The van der Waals surface area contributed by atoms with Gasteiger partial charge in [-0.3, -0.25) is 9.79 Å². The molecule has 0 bridgehead atoms. The molecule has 0 saturated carbocycles. The lowest BCUT2D eigenvalue weighted by atomic mass is 10.1. The molecule has 20 heavy (non-hydrogen) atoms. The Morgan fingerprint density at radius 2 is 1.90 bits per heavy atom. The highest BCUT2D eigenvalue weighted by molar-refractivity contribution is 5.81. The molecule has 116 valence electrons. The second-order valence-corrected chi connectivity index (χ2v) is 5.78. The highest BCUT2D eigenvalue weighted by Gasteiger charge is 2.17. The second-order valence-electron chi connectivity index (χ2n) is 5.78. The molecule has 1 amide bonds. The van der Waals surface area contributed by atoms with Crippen LogP contribution in [0, 0.1) is 5.92 Å². The number of nitrogens with zero attached hydrogens (tertiary/aromatic N) is 2. The molecule has 0 aliphatic carbocycles. The van der Waals surface area contributed by atoms with E-state index in [-0.39, 0.29) is 5.91 Å². The van der Waals surface area contributed by atoms with E-state index in [0.29, 0.717) is 24.9 Å². The van der Waals surface area contributed by atoms with Gasteiger partial charge in [-0.25, -0.2) is 0 Å². The number of amides is 1. The monoisotopic (exact) mass is 282 g/mol. The van der Waals surface area contributed by atoms with Crippen LogP contribution >= 0.6 is 0 Å². The highest BCUT2D eigenvalue weighted by atomic mass is 16.2. The van der Waals surface area contributed by atoms with E-state index in [1.54, 1.807) is 0 Å². The van der Waals surface area contributed by atoms with Gasteiger partial charge in [-0.1, -0.05) is 13.8 Å². The summed E-state index contributed by atoms with van der Waals surface area (Å²) in [4.78, 5) is 18.4. The molecule has 1 unspecified atom stereocenters. The zero-order valence-electron chi connectivity index (χ0n) is 13.4. The van der Waals surface area contributed by atoms with Crippen LogP contribution < -0.4 is 10.6 Å². The number of likely N-dealkylation sites (tertiary alicyclic amines) is 1. The number of carbonyl (C=O) groups is 1. The molecule has 5 heteroatoms. The molecule has 0 aromatic heterocycles. The summed E-state index contributed by atoms with van der Waals surface area (Å²) >= 11 is 0. The van der Waals surface area contributed by atoms with Crippen molar-refractivity contribution in [3.63, 3.8) is 0 Å². The largest absolute Gasteiger partial charge is 0.357 e. The first-order valence-electron chi connectivity index (χ1n) is 7.87. The van der Waals surface area contributed by atoms with Gasteiger partial charge in [-0.15, -0.1) is 0 Å². The number of aliphatic imine (C=N–C) groups is 1. The summed E-state index contributed by atoms with van der Waals surface area (Å²) in [6, 6.07) is 0.363. The minimum Gasteiger partial charge on any atom is -0.357 e. The Morgan fingerprint density at radius 1 is 1.25 bits per heavy atom. The fraction of sp³-hybridized carbons (Fsp3) is 0.867. The molecule has 0 aromatic rings. The van der Waals surface area contributed by atoms with E-state index in [1.165, 1.54) is 0 Å². The lowest BCUT2D eigenvalue weighted by Crippen LogP contribution is -2.44. The van der Waals surface area contributed by atoms with Crippen LogP contribution in [-0.4, -0.2) is 49.0 Å². The molecule has 1 aliphatic heterocycles. The van der Waals surface area contributed by atoms with E-state index in [9.17, 15) is 4.79 Å². The minimum atomic E-state index is 0.235. The van der Waals surface area contributed by atoms with Crippen LogP contribution in [0.25, 0.3) is 0 Å². The standard InChI is InChI=1S/C15H30N4O/c1-5-16-15(18-13(4)12(2)3)17-9-8-14(20)19-10-6-7-11-19/h12-13H,5-11H2,1-4H3,(H2,16,17,18). The molecule has 0 aromatic carbocycles. The predicted molar refractivity (Wildman–Crippen MR) is 83.8 cm³/mol. The normalized spacial score (nSPS) is 17.4. The van der Waals surface area contributed by atoms with Crippen LogP contribution in [0.4, 0.5) is 0 Å². The summed E-state index contributed by atoms with van der Waals surface area (Å²) in [5.41, 5.74) is 0. The molecule has 1 rings (SSSR count). The van der Waals surface area contributed by atoms with Crippen LogP contribution in [0.2, 0.25) is 0 Å². The Labute approximate surface area is 123 Å². The fourth-order valence-electron chi connectivity index (χ4n) is 2.09. The van der Waals surface area contributed by atoms with Crippen molar-refractivity contribution in [3.05, 3.63) is 0 Å². The summed E-state index contributed by atoms with van der Waals surface area (Å²) in [7, 11) is 0. The zero-order valence-corrected chi connectivity index (χ0v) is 13.4. The Morgan fingerprint density at radius 3 is 2.45 bits per heavy atom. The number of hydrogen-bond donors (Lipinski definition) is 2. The Kier molecular flexibility index (Phi) is 7.41. The van der Waals surface area contributed by atoms with E-state index < -0.39 is 0 Å². The van der Waals surface area contributed by atoms with Gasteiger partial charge >= 0.3 is 0 Å². The maximum Gasteiger partial charge on any atom is 0.224 e. The molecule has 1 saturated heterocycles. The van der Waals surface area contributed by atoms with Crippen molar-refractivity contribution in [1.29, 1.82) is 0 Å². The minimum absolute atomic E-state index is 0.235. The number of hydrogen-bond acceptors (Lipinski definition) is 2. The summed E-state index contributed by atoms with van der Waals surface area (Å²) in [6.45, 7) is 11.8. The van der Waals surface area contributed by atoms with Crippen LogP contribution in [0.3, 0.4) is 0 Å². The maximum atomic E-state index is 11.9. The molecular formula is C15H30N4O. The number of nitrogens with one attached hydrogen (secondary N) is 2. The molecule has 1 heterocycles. The van der Waals surface area contributed by atoms with Gasteiger partial charge in [0, 0.05) is 32.1 Å². The van der Waals surface area contributed by atoms with Crippen molar-refractivity contribution in [2.75, 3.05) is 26.2 Å². The lowest BCUT2D eigenvalue weighted by molar-refractivity contribution is -0.129. The molecule has 0 radical (unpaired) electrons. The van der Waals surface area contributed by atoms with Crippen LogP contribution in [0.1, 0.15) is 47.0 Å². The topological polar surface area (TPSA) is 56.7 Å². The second kappa shape index (κ2) is 8.82. The number of carbonyl (C=O) groups excluding carboxylic acids is 1. The van der Waals surface area contributed by atoms with Crippen molar-refractivity contribution in [2.45, 2.75) is 53.0 Å². The molecule has 0 spiro atoms. The van der Waals surface area contributed by atoms with Gasteiger partial charge in [-0.05, 0) is 32.6 Å². The Bertz CT molecular complexity index is 322. The van der Waals surface area contributed by atoms with Crippen molar-refractivity contribution in [2.24, 2.45) is 10.9 Å². The van der Waals surface area contributed by atoms with Gasteiger partial charge in [0.05, 0.1) is 6.54 Å². The first-order valence-corrected chi connectivity index (χ1v) is 7.87. The van der Waals surface area contributed by atoms with Crippen molar-refractivity contribution in [3.8, 4) is 0 Å². The SMILES string of the molecule is CCNC(=NCCC(=O)N1CCCC1)NC(C)C(C)C. The summed E-state index contributed by atoms with van der Waals surface area (Å²) < 4.78 is 0. The first-order chi connectivity index (χ1) is 9.54. The quantitative estimate of drug-likeness (QED) is 0.575. The molecule has 1 atom stereocenters. The molecule has 2 N–H and O–H groups in total. The van der Waals surface area contributed by atoms with E-state index in [4.69, 9.17) is 0 Å². The fourth-order valence-corrected chi connectivity index (χ4v) is 2.09. The van der Waals surface area contributed by atoms with E-state index in [0.717, 1.165) is 38.4 Å². The summed E-state index contributed by atoms with van der Waals surface area (Å²) in [5, 5.41) is 6.60. The van der Waals surface area contributed by atoms with Gasteiger partial charge in [0.15, 0.2) is 5.96 Å². The van der Waals surface area contributed by atoms with Gasteiger partial charge in [-0.2, -0.15) is 0 Å². The van der Waals surface area contributed by atoms with Crippen molar-refractivity contribution >= 4 is 11.9 Å². The first kappa shape index (κ1) is 16.8. The molecule has 5 nitrogen and oxygen atoms in total. The van der Waals surface area contributed by atoms with Gasteiger partial charge in [0.2, 0.25) is 5.91 Å². The van der Waals surface area contributed by atoms with Crippen LogP contribution in [0.5, 0.6) is 0 Å². The smallest absolute Gasteiger partial charge is 0.224 e. The van der Waals surface area contributed by atoms with E-state index >= 15 is 0 Å². The highest BCUT2D eigenvalue weighted by Crippen LogP contribution is 2.08. The van der Waals surface area contributed by atoms with Crippen molar-refractivity contribution in [1.82, 2.24) is 15.5 Å². The van der Waals surface area contributed by atoms with Gasteiger partial charge in [0.25, 0.3) is 0 Å². The van der Waals surface area contributed by atoms with E-state index in [1.807, 2.05) is 11.8 Å². The third-order valence-electron chi connectivity index (χ3n) is 3.76. The Balaban J connectivity index is 2.39. The third-order valence-corrected chi connectivity index (χ3v) is 3.76. The lowest BCUT2D eigenvalue weighted by Gasteiger charge is -2.21. The van der Waals surface area contributed by atoms with Gasteiger partial charge < -0.3 is 15.5 Å². The predicted octanol–water partition coefficient (Wildman–Crippen LogP) is 1.60. The number of rotatable bonds is 6. The van der Waals surface area contributed by atoms with Crippen LogP contribution in [0.15, 0.2) is 4.99 Å².